The standard InChI is InChI=1S/C9H9BrNO2/c10-8-3-1-2-7(6-8)9(13)11-4-5-12/h1-3,6H,4-5H2,(H,11,13). The molecule has 1 aromatic carbocycles. The van der Waals surface area contributed by atoms with E-state index >= 15 is 0 Å². The highest BCUT2D eigenvalue weighted by Crippen LogP contribution is 2.11. The summed E-state index contributed by atoms with van der Waals surface area (Å²) in [6.45, 7) is -0.120. The molecule has 1 aromatic rings. The lowest BCUT2D eigenvalue weighted by molar-refractivity contribution is 0.0933. The van der Waals surface area contributed by atoms with E-state index in [-0.39, 0.29) is 19.1 Å². The van der Waals surface area contributed by atoms with Gasteiger partial charge in [-0.05, 0) is 18.2 Å². The van der Waals surface area contributed by atoms with Crippen molar-refractivity contribution in [2.45, 2.75) is 0 Å². The van der Waals surface area contributed by atoms with Gasteiger partial charge in [0.15, 0.2) is 0 Å². The third kappa shape index (κ3) is 3.16. The second-order valence-corrected chi connectivity index (χ2v) is 3.39. The number of nitrogens with one attached hydrogen (secondary N) is 1. The van der Waals surface area contributed by atoms with Gasteiger partial charge >= 0.3 is 0 Å². The van der Waals surface area contributed by atoms with Crippen molar-refractivity contribution in [2.24, 2.45) is 0 Å². The first-order valence-electron chi connectivity index (χ1n) is 3.86. The predicted molar refractivity (Wildman–Crippen MR) is 52.0 cm³/mol. The maximum Gasteiger partial charge on any atom is 0.251 e. The molecule has 0 aliphatic carbocycles. The number of carbonyl (C=O) groups is 1. The van der Waals surface area contributed by atoms with Crippen LogP contribution in [0.1, 0.15) is 10.4 Å². The van der Waals surface area contributed by atoms with Crippen LogP contribution in [0.15, 0.2) is 28.7 Å². The lowest BCUT2D eigenvalue weighted by Gasteiger charge is -2.02. The number of hydrogen-bond acceptors (Lipinski definition) is 1. The average molecular weight is 243 g/mol. The summed E-state index contributed by atoms with van der Waals surface area (Å²) in [4.78, 5) is 11.3. The van der Waals surface area contributed by atoms with Gasteiger partial charge < -0.3 is 5.32 Å². The molecule has 0 fully saturated rings. The summed E-state index contributed by atoms with van der Waals surface area (Å²) in [5, 5.41) is 12.6. The highest BCUT2D eigenvalue weighted by Gasteiger charge is 2.03. The quantitative estimate of drug-likeness (QED) is 0.861. The molecule has 13 heavy (non-hydrogen) atoms. The second kappa shape index (κ2) is 4.99. The fourth-order valence-electron chi connectivity index (χ4n) is 0.896. The zero-order valence-corrected chi connectivity index (χ0v) is 8.50. The van der Waals surface area contributed by atoms with E-state index in [0.717, 1.165) is 4.47 Å². The molecule has 0 saturated carbocycles. The van der Waals surface area contributed by atoms with Crippen molar-refractivity contribution in [3.63, 3.8) is 0 Å². The topological polar surface area (TPSA) is 49.0 Å². The van der Waals surface area contributed by atoms with E-state index in [4.69, 9.17) is 0 Å². The van der Waals surface area contributed by atoms with Crippen LogP contribution in [0.3, 0.4) is 0 Å². The molecule has 0 bridgehead atoms. The van der Waals surface area contributed by atoms with Gasteiger partial charge in [0.2, 0.25) is 0 Å². The smallest absolute Gasteiger partial charge is 0.251 e. The molecular formula is C9H9BrNO2. The van der Waals surface area contributed by atoms with Gasteiger partial charge in [-0.3, -0.25) is 4.79 Å². The largest absolute Gasteiger partial charge is 0.350 e. The van der Waals surface area contributed by atoms with Gasteiger partial charge in [-0.25, -0.2) is 5.11 Å². The third-order valence-corrected chi connectivity index (χ3v) is 1.97. The van der Waals surface area contributed by atoms with Crippen molar-refractivity contribution < 1.29 is 9.90 Å². The zero-order valence-electron chi connectivity index (χ0n) is 6.92. The second-order valence-electron chi connectivity index (χ2n) is 2.47. The van der Waals surface area contributed by atoms with Crippen LogP contribution in [0.2, 0.25) is 0 Å². The molecule has 0 unspecified atom stereocenters. The molecule has 1 rings (SSSR count). The first-order chi connectivity index (χ1) is 6.24. The summed E-state index contributed by atoms with van der Waals surface area (Å²) in [6.07, 6.45) is 0. The normalized spacial score (nSPS) is 9.69. The first kappa shape index (κ1) is 10.2. The van der Waals surface area contributed by atoms with Crippen LogP contribution >= 0.6 is 15.9 Å². The molecule has 69 valence electrons. The monoisotopic (exact) mass is 242 g/mol. The molecule has 0 spiro atoms. The Morgan fingerprint density at radius 2 is 2.23 bits per heavy atom. The maximum absolute atomic E-state index is 11.3. The Balaban J connectivity index is 2.66. The molecule has 4 heteroatoms. The Labute approximate surface area is 84.9 Å². The van der Waals surface area contributed by atoms with Crippen LogP contribution in [0.5, 0.6) is 0 Å². The molecule has 0 heterocycles. The Hall–Kier alpha value is -0.870. The van der Waals surface area contributed by atoms with Gasteiger partial charge in [-0.2, -0.15) is 0 Å². The van der Waals surface area contributed by atoms with Gasteiger partial charge in [0.1, 0.15) is 0 Å². The van der Waals surface area contributed by atoms with Crippen molar-refractivity contribution in [1.29, 1.82) is 0 Å². The molecule has 1 radical (unpaired) electrons. The van der Waals surface area contributed by atoms with Gasteiger partial charge in [-0.1, -0.05) is 22.0 Å². The zero-order chi connectivity index (χ0) is 9.68. The van der Waals surface area contributed by atoms with Crippen molar-refractivity contribution in [3.05, 3.63) is 34.3 Å². The van der Waals surface area contributed by atoms with Crippen LogP contribution in [-0.4, -0.2) is 19.1 Å². The van der Waals surface area contributed by atoms with Crippen LogP contribution in [0, 0.1) is 0 Å². The summed E-state index contributed by atoms with van der Waals surface area (Å²) < 4.78 is 0.849. The molecule has 1 N–H and O–H groups in total. The summed E-state index contributed by atoms with van der Waals surface area (Å²) in [5.41, 5.74) is 0.558. The van der Waals surface area contributed by atoms with Crippen molar-refractivity contribution in [3.8, 4) is 0 Å². The SMILES string of the molecule is [O]CCNC(=O)c1cccc(Br)c1. The molecule has 3 nitrogen and oxygen atoms in total. The highest BCUT2D eigenvalue weighted by molar-refractivity contribution is 9.10. The minimum Gasteiger partial charge on any atom is -0.350 e. The van der Waals surface area contributed by atoms with Crippen LogP contribution in [0.4, 0.5) is 0 Å². The minimum absolute atomic E-state index is 0.172. The molecule has 0 atom stereocenters. The van der Waals surface area contributed by atoms with E-state index in [9.17, 15) is 9.90 Å². The number of amides is 1. The Bertz CT molecular complexity index is 301. The summed E-state index contributed by atoms with van der Waals surface area (Å²) >= 11 is 3.26. The first-order valence-corrected chi connectivity index (χ1v) is 4.65. The molecule has 0 saturated heterocycles. The minimum atomic E-state index is -0.292. The number of hydrogen-bond donors (Lipinski definition) is 1. The Morgan fingerprint density at radius 3 is 2.85 bits per heavy atom. The van der Waals surface area contributed by atoms with Crippen LogP contribution in [0.25, 0.3) is 0 Å². The van der Waals surface area contributed by atoms with Gasteiger partial charge in [0.05, 0.1) is 6.61 Å². The fourth-order valence-corrected chi connectivity index (χ4v) is 1.30. The number of carbonyl (C=O) groups excluding carboxylic acids is 1. The van der Waals surface area contributed by atoms with Gasteiger partial charge in [0, 0.05) is 16.6 Å². The lowest BCUT2D eigenvalue weighted by atomic mass is 10.2. The van der Waals surface area contributed by atoms with E-state index < -0.39 is 0 Å². The Morgan fingerprint density at radius 1 is 1.46 bits per heavy atom. The number of halogens is 1. The van der Waals surface area contributed by atoms with Gasteiger partial charge in [-0.15, -0.1) is 0 Å². The summed E-state index contributed by atoms with van der Waals surface area (Å²) in [7, 11) is 0. The van der Waals surface area contributed by atoms with Crippen molar-refractivity contribution in [2.75, 3.05) is 13.2 Å². The number of rotatable bonds is 3. The van der Waals surface area contributed by atoms with E-state index in [0.29, 0.717) is 5.56 Å². The molecule has 0 aliphatic heterocycles. The molecule has 0 aliphatic rings. The van der Waals surface area contributed by atoms with Crippen molar-refractivity contribution in [1.82, 2.24) is 5.32 Å². The summed E-state index contributed by atoms with van der Waals surface area (Å²) in [6, 6.07) is 7.02. The fraction of sp³-hybridized carbons (Fsp3) is 0.222. The Kier molecular flexibility index (Phi) is 3.92. The maximum atomic E-state index is 11.3. The molecule has 1 amide bonds. The lowest BCUT2D eigenvalue weighted by Crippen LogP contribution is -2.25. The van der Waals surface area contributed by atoms with Crippen LogP contribution in [-0.2, 0) is 5.11 Å². The average Bonchev–Trinajstić information content (AvgIpc) is 2.14. The highest BCUT2D eigenvalue weighted by atomic mass is 79.9. The molecular weight excluding hydrogens is 234 g/mol. The third-order valence-electron chi connectivity index (χ3n) is 1.47. The van der Waals surface area contributed by atoms with E-state index in [1.54, 1.807) is 18.2 Å². The van der Waals surface area contributed by atoms with E-state index in [1.165, 1.54) is 0 Å². The van der Waals surface area contributed by atoms with Crippen LogP contribution < -0.4 is 5.32 Å². The van der Waals surface area contributed by atoms with E-state index in [1.807, 2.05) is 6.07 Å². The number of benzene rings is 1. The predicted octanol–water partition coefficient (Wildman–Crippen LogP) is 1.61. The summed E-state index contributed by atoms with van der Waals surface area (Å²) in [5.74, 6) is -0.211. The van der Waals surface area contributed by atoms with Crippen molar-refractivity contribution >= 4 is 21.8 Å². The van der Waals surface area contributed by atoms with E-state index in [2.05, 4.69) is 21.2 Å². The van der Waals surface area contributed by atoms with Gasteiger partial charge in [0.25, 0.3) is 5.91 Å². The molecule has 0 aromatic heterocycles.